The van der Waals surface area contributed by atoms with E-state index in [0.717, 1.165) is 12.8 Å². The minimum absolute atomic E-state index is 0.263. The maximum Gasteiger partial charge on any atom is 0.363 e. The van der Waals surface area contributed by atoms with Crippen LogP contribution in [0.4, 0.5) is 0 Å². The van der Waals surface area contributed by atoms with Crippen LogP contribution in [0.5, 0.6) is 0 Å². The molecule has 0 amide bonds. The third kappa shape index (κ3) is 5.40. The van der Waals surface area contributed by atoms with Crippen molar-refractivity contribution >= 4 is 15.3 Å². The maximum atomic E-state index is 12.1. The summed E-state index contributed by atoms with van der Waals surface area (Å²) in [6, 6.07) is 3.28. The highest BCUT2D eigenvalue weighted by atomic mass is 28.3. The number of esters is 1. The lowest BCUT2D eigenvalue weighted by Crippen LogP contribution is -2.40. The summed E-state index contributed by atoms with van der Waals surface area (Å²) in [5.74, 6) is -0.345. The Labute approximate surface area is 122 Å². The zero-order chi connectivity index (χ0) is 14.8. The van der Waals surface area contributed by atoms with Crippen molar-refractivity contribution in [1.82, 2.24) is 4.98 Å². The second-order valence-electron chi connectivity index (χ2n) is 4.25. The number of rotatable bonds is 9. The van der Waals surface area contributed by atoms with Gasteiger partial charge in [0.1, 0.15) is 5.73 Å². The first-order chi connectivity index (χ1) is 9.72. The van der Waals surface area contributed by atoms with Gasteiger partial charge >= 0.3 is 15.3 Å². The van der Waals surface area contributed by atoms with Crippen LogP contribution in [-0.2, 0) is 13.6 Å². The fourth-order valence-corrected chi connectivity index (χ4v) is 3.84. The first-order valence-electron chi connectivity index (χ1n) is 7.07. The van der Waals surface area contributed by atoms with Crippen LogP contribution in [0.25, 0.3) is 0 Å². The van der Waals surface area contributed by atoms with Gasteiger partial charge in [-0.25, -0.2) is 4.79 Å². The van der Waals surface area contributed by atoms with E-state index in [0.29, 0.717) is 18.8 Å². The van der Waals surface area contributed by atoms with E-state index in [1.54, 1.807) is 24.5 Å². The lowest BCUT2D eigenvalue weighted by Gasteiger charge is -2.24. The van der Waals surface area contributed by atoms with Crippen molar-refractivity contribution in [1.29, 1.82) is 0 Å². The Hall–Kier alpha value is -1.24. The Morgan fingerprint density at radius 2 is 1.80 bits per heavy atom. The summed E-state index contributed by atoms with van der Waals surface area (Å²) >= 11 is 0. The largest absolute Gasteiger partial charge is 0.457 e. The van der Waals surface area contributed by atoms with Gasteiger partial charge in [0.25, 0.3) is 0 Å². The number of hydrogen-bond acceptors (Lipinski definition) is 5. The van der Waals surface area contributed by atoms with Crippen molar-refractivity contribution in [3.63, 3.8) is 0 Å². The lowest BCUT2D eigenvalue weighted by atomic mass is 10.3. The molecule has 1 aromatic heterocycles. The summed E-state index contributed by atoms with van der Waals surface area (Å²) in [5.41, 5.74) is 0.238. The van der Waals surface area contributed by atoms with Crippen LogP contribution in [0.1, 0.15) is 44.0 Å². The van der Waals surface area contributed by atoms with Crippen molar-refractivity contribution in [2.45, 2.75) is 39.3 Å². The molecule has 1 aromatic rings. The number of ether oxygens (including phenoxy) is 1. The second-order valence-corrected chi connectivity index (χ2v) is 6.39. The van der Waals surface area contributed by atoms with E-state index in [1.165, 1.54) is 0 Å². The SMILES string of the molecule is CCCC(OC(=O)c1ccncc1)[SiH](OCC)OCC. The average molecular weight is 297 g/mol. The highest BCUT2D eigenvalue weighted by Crippen LogP contribution is 2.12. The molecule has 5 nitrogen and oxygen atoms in total. The van der Waals surface area contributed by atoms with Gasteiger partial charge in [0.2, 0.25) is 0 Å². The van der Waals surface area contributed by atoms with Gasteiger partial charge in [0, 0.05) is 25.6 Å². The molecule has 0 aliphatic heterocycles. The topological polar surface area (TPSA) is 57.7 Å². The molecule has 0 bridgehead atoms. The summed E-state index contributed by atoms with van der Waals surface area (Å²) in [6.07, 6.45) is 4.82. The first-order valence-corrected chi connectivity index (χ1v) is 8.68. The number of pyridine rings is 1. The first kappa shape index (κ1) is 16.8. The third-order valence-electron chi connectivity index (χ3n) is 2.71. The number of nitrogens with zero attached hydrogens (tertiary/aromatic N) is 1. The molecule has 1 unspecified atom stereocenters. The summed E-state index contributed by atoms with van der Waals surface area (Å²) in [6.45, 7) is 7.05. The Kier molecular flexibility index (Phi) is 8.09. The van der Waals surface area contributed by atoms with Crippen molar-refractivity contribution in [3.8, 4) is 0 Å². The van der Waals surface area contributed by atoms with E-state index in [2.05, 4.69) is 11.9 Å². The molecule has 0 aromatic carbocycles. The highest BCUT2D eigenvalue weighted by molar-refractivity contribution is 6.46. The molecule has 112 valence electrons. The van der Waals surface area contributed by atoms with Crippen LogP contribution < -0.4 is 0 Å². The standard InChI is InChI=1S/C14H23NO4Si/c1-4-7-13(20(17-5-2)18-6-3)19-14(16)12-8-10-15-11-9-12/h8-11,13,20H,4-7H2,1-3H3. The van der Waals surface area contributed by atoms with Crippen LogP contribution in [0.2, 0.25) is 0 Å². The summed E-state index contributed by atoms with van der Waals surface area (Å²) < 4.78 is 16.9. The Bertz CT molecular complexity index is 382. The van der Waals surface area contributed by atoms with Gasteiger partial charge in [-0.2, -0.15) is 0 Å². The monoisotopic (exact) mass is 297 g/mol. The smallest absolute Gasteiger partial charge is 0.363 e. The molecule has 0 aliphatic carbocycles. The molecule has 0 saturated carbocycles. The molecule has 1 rings (SSSR count). The van der Waals surface area contributed by atoms with E-state index in [1.807, 2.05) is 13.8 Å². The normalized spacial score (nSPS) is 12.4. The number of hydrogen-bond donors (Lipinski definition) is 0. The molecule has 20 heavy (non-hydrogen) atoms. The van der Waals surface area contributed by atoms with Crippen molar-refractivity contribution in [3.05, 3.63) is 30.1 Å². The second kappa shape index (κ2) is 9.63. The van der Waals surface area contributed by atoms with E-state index in [4.69, 9.17) is 13.6 Å². The predicted molar refractivity (Wildman–Crippen MR) is 78.7 cm³/mol. The van der Waals surface area contributed by atoms with Gasteiger partial charge in [-0.05, 0) is 32.4 Å². The molecule has 1 heterocycles. The number of carbonyl (C=O) groups excluding carboxylic acids is 1. The van der Waals surface area contributed by atoms with Crippen LogP contribution in [0.15, 0.2) is 24.5 Å². The number of carbonyl (C=O) groups is 1. The van der Waals surface area contributed by atoms with Crippen molar-refractivity contribution in [2.24, 2.45) is 0 Å². The molecular formula is C14H23NO4Si. The van der Waals surface area contributed by atoms with Crippen LogP contribution in [-0.4, -0.2) is 39.2 Å². The molecule has 0 spiro atoms. The van der Waals surface area contributed by atoms with E-state index in [-0.39, 0.29) is 11.7 Å². The Morgan fingerprint density at radius 1 is 1.20 bits per heavy atom. The fraction of sp³-hybridized carbons (Fsp3) is 0.571. The third-order valence-corrected chi connectivity index (χ3v) is 5.11. The van der Waals surface area contributed by atoms with Gasteiger partial charge in [-0.1, -0.05) is 13.3 Å². The lowest BCUT2D eigenvalue weighted by molar-refractivity contribution is 0.0322. The Balaban J connectivity index is 2.72. The summed E-state index contributed by atoms with van der Waals surface area (Å²) in [4.78, 5) is 16.0. The molecular weight excluding hydrogens is 274 g/mol. The van der Waals surface area contributed by atoms with Gasteiger partial charge in [0.05, 0.1) is 5.56 Å². The minimum Gasteiger partial charge on any atom is -0.457 e. The molecule has 0 saturated heterocycles. The van der Waals surface area contributed by atoms with Crippen LogP contribution in [0.3, 0.4) is 0 Å². The molecule has 0 aliphatic rings. The fourth-order valence-electron chi connectivity index (χ4n) is 1.82. The molecule has 6 heteroatoms. The zero-order valence-electron chi connectivity index (χ0n) is 12.4. The van der Waals surface area contributed by atoms with Gasteiger partial charge < -0.3 is 13.6 Å². The van der Waals surface area contributed by atoms with Crippen LogP contribution >= 0.6 is 0 Å². The minimum atomic E-state index is -2.00. The predicted octanol–water partition coefficient (Wildman–Crippen LogP) is 2.24. The molecule has 0 radical (unpaired) electrons. The molecule has 0 fully saturated rings. The van der Waals surface area contributed by atoms with Crippen molar-refractivity contribution in [2.75, 3.05) is 13.2 Å². The molecule has 1 atom stereocenters. The average Bonchev–Trinajstić information content (AvgIpc) is 2.47. The maximum absolute atomic E-state index is 12.1. The summed E-state index contributed by atoms with van der Waals surface area (Å²) in [7, 11) is -2.00. The number of aromatic nitrogens is 1. The zero-order valence-corrected chi connectivity index (χ0v) is 13.5. The van der Waals surface area contributed by atoms with E-state index >= 15 is 0 Å². The van der Waals surface area contributed by atoms with Gasteiger partial charge in [-0.15, -0.1) is 0 Å². The van der Waals surface area contributed by atoms with Gasteiger partial charge in [-0.3, -0.25) is 4.98 Å². The quantitative estimate of drug-likeness (QED) is 0.517. The van der Waals surface area contributed by atoms with Crippen molar-refractivity contribution < 1.29 is 18.4 Å². The van der Waals surface area contributed by atoms with E-state index < -0.39 is 9.28 Å². The molecule has 0 N–H and O–H groups in total. The Morgan fingerprint density at radius 3 is 2.30 bits per heavy atom. The summed E-state index contributed by atoms with van der Waals surface area (Å²) in [5, 5.41) is 0. The van der Waals surface area contributed by atoms with Gasteiger partial charge in [0.15, 0.2) is 0 Å². The highest BCUT2D eigenvalue weighted by Gasteiger charge is 2.29. The van der Waals surface area contributed by atoms with E-state index in [9.17, 15) is 4.79 Å². The van der Waals surface area contributed by atoms with Crippen LogP contribution in [0, 0.1) is 0 Å².